The fourth-order valence-corrected chi connectivity index (χ4v) is 2.82. The van der Waals surface area contributed by atoms with Crippen LogP contribution >= 0.6 is 31.9 Å². The highest BCUT2D eigenvalue weighted by Gasteiger charge is 2.22. The molecule has 5 heteroatoms. The Balaban J connectivity index is 1.96. The number of esters is 1. The van der Waals surface area contributed by atoms with E-state index < -0.39 is 0 Å². The van der Waals surface area contributed by atoms with Gasteiger partial charge in [0.25, 0.3) is 0 Å². The second-order valence-corrected chi connectivity index (χ2v) is 9.02. The largest absolute Gasteiger partial charge is 0.461 e. The zero-order chi connectivity index (χ0) is 18.9. The molecule has 1 unspecified atom stereocenters. The lowest BCUT2D eigenvalue weighted by molar-refractivity contribution is -0.151. The minimum Gasteiger partial charge on any atom is -0.461 e. The van der Waals surface area contributed by atoms with E-state index in [1.165, 1.54) is 0 Å². The molecule has 0 saturated carbocycles. The van der Waals surface area contributed by atoms with Crippen molar-refractivity contribution in [1.29, 1.82) is 0 Å². The van der Waals surface area contributed by atoms with E-state index in [0.29, 0.717) is 6.42 Å². The standard InChI is InChI=1S/C21H22Br2O3/c1-15(2)19(11-12-20(22)23)21(24)25-14-16-7-6-10-18(13-16)26-17-8-4-3-5-9-17/h3-10,12-13,15,19H,11,14H2,1-2H3. The van der Waals surface area contributed by atoms with Crippen molar-refractivity contribution in [2.24, 2.45) is 11.8 Å². The summed E-state index contributed by atoms with van der Waals surface area (Å²) < 4.78 is 12.2. The summed E-state index contributed by atoms with van der Waals surface area (Å²) in [4.78, 5) is 12.4. The molecule has 0 spiro atoms. The Hall–Kier alpha value is -1.59. The minimum atomic E-state index is -0.188. The molecule has 2 rings (SSSR count). The van der Waals surface area contributed by atoms with Crippen LogP contribution in [0.15, 0.2) is 64.1 Å². The van der Waals surface area contributed by atoms with Crippen LogP contribution in [0.2, 0.25) is 0 Å². The third kappa shape index (κ3) is 6.96. The van der Waals surface area contributed by atoms with Gasteiger partial charge in [0.1, 0.15) is 18.1 Å². The highest BCUT2D eigenvalue weighted by Crippen LogP contribution is 2.24. The predicted octanol–water partition coefficient (Wildman–Crippen LogP) is 6.82. The quantitative estimate of drug-likeness (QED) is 0.388. The smallest absolute Gasteiger partial charge is 0.309 e. The van der Waals surface area contributed by atoms with E-state index in [1.807, 2.05) is 74.5 Å². The number of carbonyl (C=O) groups is 1. The zero-order valence-corrected chi connectivity index (χ0v) is 18.0. The van der Waals surface area contributed by atoms with E-state index in [1.54, 1.807) is 0 Å². The Kier molecular flexibility index (Phi) is 8.39. The van der Waals surface area contributed by atoms with Gasteiger partial charge in [0.15, 0.2) is 0 Å². The van der Waals surface area contributed by atoms with Crippen molar-refractivity contribution in [2.75, 3.05) is 0 Å². The lowest BCUT2D eigenvalue weighted by Crippen LogP contribution is -2.22. The molecule has 0 radical (unpaired) electrons. The molecule has 1 atom stereocenters. The second-order valence-electron chi connectivity index (χ2n) is 6.25. The van der Waals surface area contributed by atoms with E-state index in [0.717, 1.165) is 20.5 Å². The fraction of sp³-hybridized carbons (Fsp3) is 0.286. The van der Waals surface area contributed by atoms with E-state index in [-0.39, 0.29) is 24.4 Å². The Bertz CT molecular complexity index is 738. The summed E-state index contributed by atoms with van der Waals surface area (Å²) in [6, 6.07) is 17.2. The first-order chi connectivity index (χ1) is 12.5. The molecule has 2 aromatic carbocycles. The van der Waals surface area contributed by atoms with Crippen LogP contribution in [0, 0.1) is 11.8 Å². The molecule has 0 N–H and O–H groups in total. The van der Waals surface area contributed by atoms with E-state index >= 15 is 0 Å². The molecule has 3 nitrogen and oxygen atoms in total. The number of hydrogen-bond donors (Lipinski definition) is 0. The van der Waals surface area contributed by atoms with Crippen molar-refractivity contribution in [3.05, 3.63) is 69.6 Å². The molecule has 0 bridgehead atoms. The van der Waals surface area contributed by atoms with Crippen molar-refractivity contribution in [3.63, 3.8) is 0 Å². The van der Waals surface area contributed by atoms with Gasteiger partial charge in [0, 0.05) is 0 Å². The van der Waals surface area contributed by atoms with Gasteiger partial charge >= 0.3 is 5.97 Å². The van der Waals surface area contributed by atoms with Gasteiger partial charge in [0.05, 0.1) is 9.31 Å². The summed E-state index contributed by atoms with van der Waals surface area (Å²) in [6.07, 6.45) is 2.56. The monoisotopic (exact) mass is 480 g/mol. The van der Waals surface area contributed by atoms with Crippen LogP contribution in [0.25, 0.3) is 0 Å². The molecule has 0 fully saturated rings. The molecule has 0 aromatic heterocycles. The first-order valence-corrected chi connectivity index (χ1v) is 10.0. The van der Waals surface area contributed by atoms with Crippen molar-refractivity contribution in [3.8, 4) is 11.5 Å². The number of carbonyl (C=O) groups excluding carboxylic acids is 1. The second kappa shape index (κ2) is 10.5. The van der Waals surface area contributed by atoms with Crippen LogP contribution in [0.4, 0.5) is 0 Å². The van der Waals surface area contributed by atoms with Crippen LogP contribution in [-0.2, 0) is 16.1 Å². The van der Waals surface area contributed by atoms with E-state index in [4.69, 9.17) is 9.47 Å². The molecular weight excluding hydrogens is 460 g/mol. The molecule has 0 heterocycles. The lowest BCUT2D eigenvalue weighted by Gasteiger charge is -2.18. The van der Waals surface area contributed by atoms with Gasteiger partial charge in [-0.1, -0.05) is 50.3 Å². The van der Waals surface area contributed by atoms with Crippen LogP contribution in [0.5, 0.6) is 11.5 Å². The predicted molar refractivity (Wildman–Crippen MR) is 112 cm³/mol. The van der Waals surface area contributed by atoms with Crippen molar-refractivity contribution in [1.82, 2.24) is 0 Å². The number of halogens is 2. The third-order valence-electron chi connectivity index (χ3n) is 3.89. The van der Waals surface area contributed by atoms with Crippen LogP contribution in [0.3, 0.4) is 0 Å². The number of benzene rings is 2. The Morgan fingerprint density at radius 2 is 1.73 bits per heavy atom. The molecule has 0 aliphatic carbocycles. The molecule has 2 aromatic rings. The average Bonchev–Trinajstić information content (AvgIpc) is 2.61. The van der Waals surface area contributed by atoms with Crippen LogP contribution in [0.1, 0.15) is 25.8 Å². The average molecular weight is 482 g/mol. The van der Waals surface area contributed by atoms with Gasteiger partial charge in [-0.3, -0.25) is 4.79 Å². The van der Waals surface area contributed by atoms with Gasteiger partial charge in [-0.15, -0.1) is 0 Å². The molecule has 138 valence electrons. The Labute approximate surface area is 171 Å². The highest BCUT2D eigenvalue weighted by atomic mass is 79.9. The topological polar surface area (TPSA) is 35.5 Å². The Morgan fingerprint density at radius 1 is 1.04 bits per heavy atom. The van der Waals surface area contributed by atoms with Gasteiger partial charge in [-0.2, -0.15) is 0 Å². The maximum atomic E-state index is 12.4. The van der Waals surface area contributed by atoms with Crippen LogP contribution < -0.4 is 4.74 Å². The van der Waals surface area contributed by atoms with E-state index in [9.17, 15) is 4.79 Å². The van der Waals surface area contributed by atoms with Crippen molar-refractivity contribution >= 4 is 37.8 Å². The first-order valence-electron chi connectivity index (χ1n) is 8.45. The summed E-state index contributed by atoms with van der Waals surface area (Å²) in [5.41, 5.74) is 0.895. The summed E-state index contributed by atoms with van der Waals surface area (Å²) in [7, 11) is 0. The number of ether oxygens (including phenoxy) is 2. The molecule has 26 heavy (non-hydrogen) atoms. The third-order valence-corrected chi connectivity index (χ3v) is 4.54. The molecule has 0 aliphatic rings. The van der Waals surface area contributed by atoms with Gasteiger partial charge < -0.3 is 9.47 Å². The highest BCUT2D eigenvalue weighted by molar-refractivity contribution is 9.28. The summed E-state index contributed by atoms with van der Waals surface area (Å²) >= 11 is 6.65. The van der Waals surface area contributed by atoms with Gasteiger partial charge in [-0.05, 0) is 74.0 Å². The maximum Gasteiger partial charge on any atom is 0.309 e. The number of rotatable bonds is 8. The SMILES string of the molecule is CC(C)C(CC=C(Br)Br)C(=O)OCc1cccc(Oc2ccccc2)c1. The molecule has 0 saturated heterocycles. The van der Waals surface area contributed by atoms with Crippen molar-refractivity contribution < 1.29 is 14.3 Å². The van der Waals surface area contributed by atoms with Crippen molar-refractivity contribution in [2.45, 2.75) is 26.9 Å². The molecule has 0 amide bonds. The zero-order valence-electron chi connectivity index (χ0n) is 14.8. The first kappa shape index (κ1) is 20.7. The van der Waals surface area contributed by atoms with Gasteiger partial charge in [0.2, 0.25) is 0 Å². The number of allylic oxidation sites excluding steroid dienone is 1. The number of hydrogen-bond acceptors (Lipinski definition) is 3. The fourth-order valence-electron chi connectivity index (χ4n) is 2.44. The number of para-hydroxylation sites is 1. The molecular formula is C21H22Br2O3. The summed E-state index contributed by atoms with van der Waals surface area (Å²) in [5.74, 6) is 1.33. The lowest BCUT2D eigenvalue weighted by atomic mass is 9.93. The summed E-state index contributed by atoms with van der Waals surface area (Å²) in [6.45, 7) is 4.28. The Morgan fingerprint density at radius 3 is 2.38 bits per heavy atom. The van der Waals surface area contributed by atoms with E-state index in [2.05, 4.69) is 31.9 Å². The maximum absolute atomic E-state index is 12.4. The normalized spacial score (nSPS) is 11.7. The van der Waals surface area contributed by atoms with Gasteiger partial charge in [-0.25, -0.2) is 0 Å². The minimum absolute atomic E-state index is 0.177. The molecule has 0 aliphatic heterocycles. The van der Waals surface area contributed by atoms with Crippen LogP contribution in [-0.4, -0.2) is 5.97 Å². The summed E-state index contributed by atoms with van der Waals surface area (Å²) in [5, 5.41) is 0.